The summed E-state index contributed by atoms with van der Waals surface area (Å²) in [6.45, 7) is 2.40. The van der Waals surface area contributed by atoms with Crippen LogP contribution in [0.3, 0.4) is 0 Å². The van der Waals surface area contributed by atoms with E-state index in [9.17, 15) is 14.0 Å². The van der Waals surface area contributed by atoms with Gasteiger partial charge < -0.3 is 10.2 Å². The maximum absolute atomic E-state index is 13.0. The second kappa shape index (κ2) is 7.70. The summed E-state index contributed by atoms with van der Waals surface area (Å²) < 4.78 is 13.0. The van der Waals surface area contributed by atoms with Crippen molar-refractivity contribution in [3.63, 3.8) is 0 Å². The summed E-state index contributed by atoms with van der Waals surface area (Å²) in [7, 11) is 0. The van der Waals surface area contributed by atoms with E-state index in [1.165, 1.54) is 19.1 Å². The minimum absolute atomic E-state index is 0.184. The van der Waals surface area contributed by atoms with Crippen molar-refractivity contribution in [2.24, 2.45) is 0 Å². The van der Waals surface area contributed by atoms with Gasteiger partial charge in [-0.3, -0.25) is 9.59 Å². The minimum Gasteiger partial charge on any atom is -0.335 e. The highest BCUT2D eigenvalue weighted by Crippen LogP contribution is 2.26. The molecule has 0 aromatic heterocycles. The standard InChI is InChI=1S/C20H18ClFN2O2/c1-13(25)23-17-6-7-19(21)18(12-17)20(26)24-10-8-15(9-11-24)14-2-4-16(22)5-3-14/h2-8,12H,9-11H2,1H3,(H,23,25). The SMILES string of the molecule is CC(=O)Nc1ccc(Cl)c(C(=O)N2CC=C(c3ccc(F)cc3)CC2)c1. The third kappa shape index (κ3) is 4.11. The number of benzene rings is 2. The number of hydrogen-bond acceptors (Lipinski definition) is 2. The molecule has 0 saturated carbocycles. The van der Waals surface area contributed by atoms with Crippen molar-refractivity contribution >= 4 is 34.7 Å². The number of carbonyl (C=O) groups excluding carboxylic acids is 2. The number of hydrogen-bond donors (Lipinski definition) is 1. The van der Waals surface area contributed by atoms with E-state index in [0.29, 0.717) is 35.8 Å². The number of amides is 2. The van der Waals surface area contributed by atoms with Crippen molar-refractivity contribution in [1.29, 1.82) is 0 Å². The Labute approximate surface area is 156 Å². The van der Waals surface area contributed by atoms with Crippen LogP contribution in [-0.4, -0.2) is 29.8 Å². The van der Waals surface area contributed by atoms with Crippen LogP contribution in [0.5, 0.6) is 0 Å². The van der Waals surface area contributed by atoms with Crippen molar-refractivity contribution in [1.82, 2.24) is 4.90 Å². The van der Waals surface area contributed by atoms with Gasteiger partial charge in [-0.2, -0.15) is 0 Å². The zero-order valence-corrected chi connectivity index (χ0v) is 15.0. The van der Waals surface area contributed by atoms with Crippen molar-refractivity contribution < 1.29 is 14.0 Å². The Balaban J connectivity index is 1.76. The van der Waals surface area contributed by atoms with Crippen LogP contribution in [0.4, 0.5) is 10.1 Å². The fourth-order valence-electron chi connectivity index (χ4n) is 2.92. The van der Waals surface area contributed by atoms with Gasteiger partial charge in [-0.15, -0.1) is 0 Å². The third-order valence-electron chi connectivity index (χ3n) is 4.23. The lowest BCUT2D eigenvalue weighted by atomic mass is 9.99. The Bertz CT molecular complexity index is 878. The third-order valence-corrected chi connectivity index (χ3v) is 4.56. The molecule has 0 saturated heterocycles. The highest BCUT2D eigenvalue weighted by molar-refractivity contribution is 6.34. The molecular formula is C20H18ClFN2O2. The predicted octanol–water partition coefficient (Wildman–Crippen LogP) is 4.37. The largest absolute Gasteiger partial charge is 0.335 e. The molecule has 0 bridgehead atoms. The summed E-state index contributed by atoms with van der Waals surface area (Å²) in [4.78, 5) is 25.7. The van der Waals surface area contributed by atoms with E-state index in [0.717, 1.165) is 11.1 Å². The molecule has 134 valence electrons. The van der Waals surface area contributed by atoms with Gasteiger partial charge in [-0.25, -0.2) is 4.39 Å². The molecule has 6 heteroatoms. The van der Waals surface area contributed by atoms with Crippen LogP contribution in [0.15, 0.2) is 48.5 Å². The first-order chi connectivity index (χ1) is 12.4. The van der Waals surface area contributed by atoms with Crippen LogP contribution in [-0.2, 0) is 4.79 Å². The second-order valence-electron chi connectivity index (χ2n) is 6.11. The molecule has 1 heterocycles. The molecule has 0 radical (unpaired) electrons. The average molecular weight is 373 g/mol. The fourth-order valence-corrected chi connectivity index (χ4v) is 3.12. The Morgan fingerprint density at radius 3 is 2.50 bits per heavy atom. The number of halogens is 2. The topological polar surface area (TPSA) is 49.4 Å². The van der Waals surface area contributed by atoms with Crippen molar-refractivity contribution in [2.75, 3.05) is 18.4 Å². The predicted molar refractivity (Wildman–Crippen MR) is 101 cm³/mol. The smallest absolute Gasteiger partial charge is 0.255 e. The first-order valence-electron chi connectivity index (χ1n) is 8.25. The summed E-state index contributed by atoms with van der Waals surface area (Å²) in [5, 5.41) is 3.00. The molecule has 26 heavy (non-hydrogen) atoms. The summed E-state index contributed by atoms with van der Waals surface area (Å²) in [5.41, 5.74) is 2.94. The molecule has 2 aromatic carbocycles. The van der Waals surface area contributed by atoms with Gasteiger partial charge in [0.1, 0.15) is 5.82 Å². The summed E-state index contributed by atoms with van der Waals surface area (Å²) >= 11 is 6.18. The molecule has 0 spiro atoms. The quantitative estimate of drug-likeness (QED) is 0.869. The van der Waals surface area contributed by atoms with Gasteiger partial charge in [0.25, 0.3) is 5.91 Å². The van der Waals surface area contributed by atoms with Crippen molar-refractivity contribution in [3.05, 3.63) is 70.5 Å². The summed E-state index contributed by atoms with van der Waals surface area (Å²) in [6.07, 6.45) is 2.65. The van der Waals surface area contributed by atoms with Gasteiger partial charge in [0, 0.05) is 25.7 Å². The summed E-state index contributed by atoms with van der Waals surface area (Å²) in [6, 6.07) is 11.2. The number of nitrogens with zero attached hydrogens (tertiary/aromatic N) is 1. The van der Waals surface area contributed by atoms with Gasteiger partial charge in [0.2, 0.25) is 5.91 Å². The van der Waals surface area contributed by atoms with Crippen LogP contribution < -0.4 is 5.32 Å². The van der Waals surface area contributed by atoms with Crippen LogP contribution in [0, 0.1) is 5.82 Å². The minimum atomic E-state index is -0.268. The van der Waals surface area contributed by atoms with E-state index >= 15 is 0 Å². The Hall–Kier alpha value is -2.66. The molecule has 0 unspecified atom stereocenters. The van der Waals surface area contributed by atoms with E-state index in [2.05, 4.69) is 5.32 Å². The lowest BCUT2D eigenvalue weighted by Gasteiger charge is -2.27. The molecular weight excluding hydrogens is 355 g/mol. The van der Waals surface area contributed by atoms with Gasteiger partial charge in [-0.05, 0) is 47.9 Å². The molecule has 0 fully saturated rings. The number of anilines is 1. The van der Waals surface area contributed by atoms with E-state index in [4.69, 9.17) is 11.6 Å². The van der Waals surface area contributed by atoms with Crippen molar-refractivity contribution in [3.8, 4) is 0 Å². The van der Waals surface area contributed by atoms with Gasteiger partial charge in [0.05, 0.1) is 10.6 Å². The second-order valence-corrected chi connectivity index (χ2v) is 6.52. The zero-order chi connectivity index (χ0) is 18.7. The van der Waals surface area contributed by atoms with Gasteiger partial charge >= 0.3 is 0 Å². The van der Waals surface area contributed by atoms with Gasteiger partial charge in [-0.1, -0.05) is 29.8 Å². The Morgan fingerprint density at radius 2 is 1.88 bits per heavy atom. The van der Waals surface area contributed by atoms with Crippen molar-refractivity contribution in [2.45, 2.75) is 13.3 Å². The highest BCUT2D eigenvalue weighted by atomic mass is 35.5. The monoisotopic (exact) mass is 372 g/mol. The van der Waals surface area contributed by atoms with Crippen LogP contribution in [0.2, 0.25) is 5.02 Å². The van der Waals surface area contributed by atoms with Gasteiger partial charge in [0.15, 0.2) is 0 Å². The van der Waals surface area contributed by atoms with Crippen LogP contribution >= 0.6 is 11.6 Å². The normalized spacial score (nSPS) is 14.0. The first-order valence-corrected chi connectivity index (χ1v) is 8.63. The number of nitrogens with one attached hydrogen (secondary N) is 1. The molecule has 1 aliphatic heterocycles. The van der Waals surface area contributed by atoms with E-state index in [1.807, 2.05) is 6.08 Å². The maximum atomic E-state index is 13.0. The summed E-state index contributed by atoms with van der Waals surface area (Å²) in [5.74, 6) is -0.664. The zero-order valence-electron chi connectivity index (χ0n) is 14.3. The molecule has 1 N–H and O–H groups in total. The molecule has 1 aliphatic rings. The fraction of sp³-hybridized carbons (Fsp3) is 0.200. The first kappa shape index (κ1) is 18.1. The maximum Gasteiger partial charge on any atom is 0.255 e. The number of carbonyl (C=O) groups is 2. The Kier molecular flexibility index (Phi) is 5.38. The Morgan fingerprint density at radius 1 is 1.15 bits per heavy atom. The lowest BCUT2D eigenvalue weighted by Crippen LogP contribution is -2.34. The molecule has 0 aliphatic carbocycles. The van der Waals surface area contributed by atoms with E-state index in [-0.39, 0.29) is 17.6 Å². The molecule has 2 aromatic rings. The molecule has 4 nitrogen and oxygen atoms in total. The van der Waals surface area contributed by atoms with E-state index in [1.54, 1.807) is 35.2 Å². The van der Waals surface area contributed by atoms with Crippen LogP contribution in [0.25, 0.3) is 5.57 Å². The molecule has 3 rings (SSSR count). The van der Waals surface area contributed by atoms with Crippen LogP contribution in [0.1, 0.15) is 29.3 Å². The molecule has 2 amide bonds. The average Bonchev–Trinajstić information content (AvgIpc) is 2.63. The number of rotatable bonds is 3. The van der Waals surface area contributed by atoms with E-state index < -0.39 is 0 Å². The highest BCUT2D eigenvalue weighted by Gasteiger charge is 2.21. The molecule has 0 atom stereocenters. The lowest BCUT2D eigenvalue weighted by molar-refractivity contribution is -0.114.